The lowest BCUT2D eigenvalue weighted by atomic mass is 10.0. The minimum Gasteiger partial charge on any atom is -0.348 e. The number of fused-ring (bicyclic) bond motifs is 1. The number of thiazole rings is 1. The van der Waals surface area contributed by atoms with E-state index in [1.807, 2.05) is 0 Å². The van der Waals surface area contributed by atoms with Crippen LogP contribution in [0.4, 0.5) is 5.13 Å². The van der Waals surface area contributed by atoms with Crippen molar-refractivity contribution in [3.63, 3.8) is 0 Å². The van der Waals surface area contributed by atoms with Crippen LogP contribution in [0.15, 0.2) is 30.5 Å². The van der Waals surface area contributed by atoms with Crippen LogP contribution in [0.25, 0.3) is 0 Å². The van der Waals surface area contributed by atoms with Crippen molar-refractivity contribution in [3.8, 4) is 6.07 Å². The first kappa shape index (κ1) is 14.4. The van der Waals surface area contributed by atoms with Gasteiger partial charge in [-0.3, -0.25) is 4.79 Å². The van der Waals surface area contributed by atoms with Crippen molar-refractivity contribution < 1.29 is 4.79 Å². The molecule has 2 heterocycles. The van der Waals surface area contributed by atoms with Crippen molar-refractivity contribution in [2.45, 2.75) is 19.3 Å². The summed E-state index contributed by atoms with van der Waals surface area (Å²) in [5.74, 6) is 1.57. The molecule has 1 aromatic carbocycles. The molecule has 5 heteroatoms. The molecular formula is C18H17N3OS. The summed E-state index contributed by atoms with van der Waals surface area (Å²) in [7, 11) is 0. The van der Waals surface area contributed by atoms with Crippen LogP contribution < -0.4 is 4.90 Å². The molecule has 2 unspecified atom stereocenters. The van der Waals surface area contributed by atoms with Crippen molar-refractivity contribution in [2.75, 3.05) is 18.0 Å². The Morgan fingerprint density at radius 1 is 1.30 bits per heavy atom. The van der Waals surface area contributed by atoms with Crippen LogP contribution in [-0.2, 0) is 0 Å². The van der Waals surface area contributed by atoms with Gasteiger partial charge in [-0.15, -0.1) is 0 Å². The number of carbonyl (C=O) groups excluding carboxylic acids is 1. The zero-order valence-electron chi connectivity index (χ0n) is 12.7. The van der Waals surface area contributed by atoms with Crippen LogP contribution >= 0.6 is 11.3 Å². The van der Waals surface area contributed by atoms with E-state index in [0.717, 1.165) is 30.1 Å². The Balaban J connectivity index is 1.53. The van der Waals surface area contributed by atoms with E-state index in [9.17, 15) is 4.79 Å². The number of hydrogen-bond acceptors (Lipinski definition) is 5. The molecule has 1 saturated heterocycles. The molecule has 2 fully saturated rings. The van der Waals surface area contributed by atoms with Gasteiger partial charge in [-0.05, 0) is 36.8 Å². The summed E-state index contributed by atoms with van der Waals surface area (Å²) < 4.78 is 0. The molecule has 0 spiro atoms. The van der Waals surface area contributed by atoms with Crippen molar-refractivity contribution in [2.24, 2.45) is 11.8 Å². The van der Waals surface area contributed by atoms with E-state index in [-0.39, 0.29) is 5.78 Å². The Labute approximate surface area is 139 Å². The fourth-order valence-corrected chi connectivity index (χ4v) is 4.68. The molecule has 4 nitrogen and oxygen atoms in total. The summed E-state index contributed by atoms with van der Waals surface area (Å²) in [6.45, 7) is 2.16. The van der Waals surface area contributed by atoms with Crippen LogP contribution in [0.3, 0.4) is 0 Å². The first-order valence-electron chi connectivity index (χ1n) is 8.00. The van der Waals surface area contributed by atoms with Crippen molar-refractivity contribution in [1.29, 1.82) is 5.26 Å². The minimum atomic E-state index is -0.0507. The molecule has 1 aliphatic heterocycles. The molecule has 2 atom stereocenters. The molecular weight excluding hydrogens is 306 g/mol. The summed E-state index contributed by atoms with van der Waals surface area (Å²) >= 11 is 1.47. The highest BCUT2D eigenvalue weighted by Crippen LogP contribution is 2.40. The van der Waals surface area contributed by atoms with Gasteiger partial charge in [-0.25, -0.2) is 4.98 Å². The predicted octanol–water partition coefficient (Wildman–Crippen LogP) is 3.48. The number of nitrogens with zero attached hydrogens (tertiary/aromatic N) is 3. The molecule has 116 valence electrons. The molecule has 0 amide bonds. The van der Waals surface area contributed by atoms with Crippen LogP contribution in [0, 0.1) is 23.2 Å². The van der Waals surface area contributed by atoms with Crippen molar-refractivity contribution in [1.82, 2.24) is 4.98 Å². The van der Waals surface area contributed by atoms with Crippen LogP contribution in [0.5, 0.6) is 0 Å². The SMILES string of the molecule is N#Cc1cccc(C(=O)c2cnc(N3CC4CCCC4C3)s2)c1. The number of aromatic nitrogens is 1. The van der Waals surface area contributed by atoms with Gasteiger partial charge >= 0.3 is 0 Å². The van der Waals surface area contributed by atoms with Gasteiger partial charge in [-0.1, -0.05) is 29.9 Å². The van der Waals surface area contributed by atoms with E-state index < -0.39 is 0 Å². The smallest absolute Gasteiger partial charge is 0.204 e. The zero-order valence-corrected chi connectivity index (χ0v) is 13.6. The minimum absolute atomic E-state index is 0.0507. The van der Waals surface area contributed by atoms with Crippen molar-refractivity contribution >= 4 is 22.3 Å². The standard InChI is InChI=1S/C18H17N3OS/c19-8-12-3-1-4-13(7-12)17(22)16-9-20-18(23-16)21-10-14-5-2-6-15(14)11-21/h1,3-4,7,9,14-15H,2,5-6,10-11H2. The molecule has 2 aliphatic rings. The highest BCUT2D eigenvalue weighted by atomic mass is 32.1. The summed E-state index contributed by atoms with van der Waals surface area (Å²) in [5, 5.41) is 9.92. The van der Waals surface area contributed by atoms with Crippen LogP contribution in [0.2, 0.25) is 0 Å². The van der Waals surface area contributed by atoms with Gasteiger partial charge in [0, 0.05) is 18.7 Å². The van der Waals surface area contributed by atoms with E-state index >= 15 is 0 Å². The first-order chi connectivity index (χ1) is 11.2. The molecule has 0 radical (unpaired) electrons. The van der Waals surface area contributed by atoms with Crippen molar-refractivity contribution in [3.05, 3.63) is 46.5 Å². The lowest BCUT2D eigenvalue weighted by molar-refractivity contribution is 0.104. The third kappa shape index (κ3) is 2.64. The summed E-state index contributed by atoms with van der Waals surface area (Å²) in [4.78, 5) is 20.0. The molecule has 1 aliphatic carbocycles. The molecule has 2 aromatic rings. The Morgan fingerprint density at radius 3 is 2.83 bits per heavy atom. The third-order valence-corrected chi connectivity index (χ3v) is 6.02. The lowest BCUT2D eigenvalue weighted by Gasteiger charge is -2.15. The van der Waals surface area contributed by atoms with Gasteiger partial charge in [0.05, 0.1) is 22.7 Å². The van der Waals surface area contributed by atoms with Gasteiger partial charge in [0.1, 0.15) is 0 Å². The second kappa shape index (κ2) is 5.78. The Kier molecular flexibility index (Phi) is 3.62. The molecule has 4 rings (SSSR count). The Hall–Kier alpha value is -2.19. The van der Waals surface area contributed by atoms with Gasteiger partial charge in [0.2, 0.25) is 5.78 Å². The number of nitriles is 1. The number of rotatable bonds is 3. The van der Waals surface area contributed by atoms with E-state index in [4.69, 9.17) is 5.26 Å². The highest BCUT2D eigenvalue weighted by Gasteiger charge is 2.37. The monoisotopic (exact) mass is 323 g/mol. The second-order valence-corrected chi connectivity index (χ2v) is 7.39. The van der Waals surface area contributed by atoms with Crippen LogP contribution in [-0.4, -0.2) is 23.9 Å². The third-order valence-electron chi connectivity index (χ3n) is 4.97. The van der Waals surface area contributed by atoms with E-state index in [2.05, 4.69) is 16.0 Å². The largest absolute Gasteiger partial charge is 0.348 e. The number of ketones is 1. The number of anilines is 1. The number of hydrogen-bond donors (Lipinski definition) is 0. The topological polar surface area (TPSA) is 57.0 Å². The predicted molar refractivity (Wildman–Crippen MR) is 89.7 cm³/mol. The summed E-state index contributed by atoms with van der Waals surface area (Å²) in [6, 6.07) is 8.92. The van der Waals surface area contributed by atoms with Gasteiger partial charge in [0.25, 0.3) is 0 Å². The average Bonchev–Trinajstić information content (AvgIpc) is 3.28. The second-order valence-electron chi connectivity index (χ2n) is 6.38. The lowest BCUT2D eigenvalue weighted by Crippen LogP contribution is -2.20. The maximum atomic E-state index is 12.6. The number of benzene rings is 1. The molecule has 0 bridgehead atoms. The molecule has 1 saturated carbocycles. The molecule has 23 heavy (non-hydrogen) atoms. The van der Waals surface area contributed by atoms with E-state index in [1.165, 1.54) is 30.6 Å². The first-order valence-corrected chi connectivity index (χ1v) is 8.82. The quantitative estimate of drug-likeness (QED) is 0.812. The van der Waals surface area contributed by atoms with Gasteiger partial charge < -0.3 is 4.90 Å². The highest BCUT2D eigenvalue weighted by molar-refractivity contribution is 7.17. The maximum Gasteiger partial charge on any atom is 0.204 e. The zero-order chi connectivity index (χ0) is 15.8. The molecule has 0 N–H and O–H groups in total. The summed E-state index contributed by atoms with van der Waals surface area (Å²) in [6.07, 6.45) is 5.70. The fraction of sp³-hybridized carbons (Fsp3) is 0.389. The van der Waals surface area contributed by atoms with E-state index in [0.29, 0.717) is 16.0 Å². The molecule has 1 aromatic heterocycles. The Morgan fingerprint density at radius 2 is 2.09 bits per heavy atom. The average molecular weight is 323 g/mol. The summed E-state index contributed by atoms with van der Waals surface area (Å²) in [5.41, 5.74) is 1.06. The number of carbonyl (C=O) groups is 1. The van der Waals surface area contributed by atoms with Gasteiger partial charge in [0.15, 0.2) is 5.13 Å². The van der Waals surface area contributed by atoms with Crippen LogP contribution in [0.1, 0.15) is 40.1 Å². The Bertz CT molecular complexity index is 780. The fourth-order valence-electron chi connectivity index (χ4n) is 3.78. The normalized spacial score (nSPS) is 22.8. The maximum absolute atomic E-state index is 12.6. The van der Waals surface area contributed by atoms with E-state index in [1.54, 1.807) is 30.5 Å². The van der Waals surface area contributed by atoms with Gasteiger partial charge in [-0.2, -0.15) is 5.26 Å².